The Balaban J connectivity index is 2.42. The Hall–Kier alpha value is -1.45. The lowest BCUT2D eigenvalue weighted by atomic mass is 9.83. The van der Waals surface area contributed by atoms with Gasteiger partial charge in [0, 0.05) is 10.6 Å². The normalized spacial score (nSPS) is 23.6. The molecular formula is C19H22Cl2O3. The smallest absolute Gasteiger partial charge is 0.173 e. The maximum atomic E-state index is 13.0. The van der Waals surface area contributed by atoms with Gasteiger partial charge >= 0.3 is 0 Å². The molecule has 130 valence electrons. The van der Waals surface area contributed by atoms with Crippen molar-refractivity contribution >= 4 is 29.0 Å². The number of Topliss-reactive ketones (excluding diaryl/α,β-unsaturated/α-hetero) is 1. The van der Waals surface area contributed by atoms with Crippen LogP contribution >= 0.6 is 23.2 Å². The molecule has 0 bridgehead atoms. The number of rotatable bonds is 4. The van der Waals surface area contributed by atoms with E-state index in [0.717, 1.165) is 0 Å². The summed E-state index contributed by atoms with van der Waals surface area (Å²) in [5, 5.41) is 0.425. The third-order valence-corrected chi connectivity index (χ3v) is 4.33. The fraction of sp³-hybridized carbons (Fsp3) is 0.421. The lowest BCUT2D eigenvalue weighted by Gasteiger charge is -2.30. The standard InChI is InChI=1S/C19H22Cl2O3/c1-18(2,3)24-15-11-12(8-9-14(15)23-5)17(22)16-13(20)7-6-10-19(16,4)21/h6-11,16H,1-5H3. The van der Waals surface area contributed by atoms with Crippen LogP contribution in [0.1, 0.15) is 38.1 Å². The maximum Gasteiger partial charge on any atom is 0.173 e. The number of benzene rings is 1. The molecule has 1 aliphatic rings. The number of methoxy groups -OCH3 is 1. The van der Waals surface area contributed by atoms with Crippen molar-refractivity contribution in [2.45, 2.75) is 38.2 Å². The van der Waals surface area contributed by atoms with Crippen LogP contribution in [0.4, 0.5) is 0 Å². The molecule has 1 aliphatic carbocycles. The van der Waals surface area contributed by atoms with E-state index in [4.69, 9.17) is 32.7 Å². The highest BCUT2D eigenvalue weighted by atomic mass is 35.5. The molecule has 0 radical (unpaired) electrons. The number of alkyl halides is 1. The van der Waals surface area contributed by atoms with Crippen molar-refractivity contribution in [3.63, 3.8) is 0 Å². The highest BCUT2D eigenvalue weighted by Crippen LogP contribution is 2.40. The van der Waals surface area contributed by atoms with Crippen molar-refractivity contribution in [3.05, 3.63) is 47.0 Å². The largest absolute Gasteiger partial charge is 0.493 e. The Labute approximate surface area is 153 Å². The van der Waals surface area contributed by atoms with Crippen molar-refractivity contribution in [2.75, 3.05) is 7.11 Å². The van der Waals surface area contributed by atoms with Gasteiger partial charge in [0.25, 0.3) is 0 Å². The second-order valence-corrected chi connectivity index (χ2v) is 8.19. The molecule has 3 nitrogen and oxygen atoms in total. The van der Waals surface area contributed by atoms with Crippen molar-refractivity contribution in [2.24, 2.45) is 5.92 Å². The van der Waals surface area contributed by atoms with Crippen molar-refractivity contribution < 1.29 is 14.3 Å². The van der Waals surface area contributed by atoms with Crippen LogP contribution in [0.3, 0.4) is 0 Å². The van der Waals surface area contributed by atoms with Gasteiger partial charge in [-0.05, 0) is 52.0 Å². The third kappa shape index (κ3) is 4.14. The molecule has 0 N–H and O–H groups in total. The summed E-state index contributed by atoms with van der Waals surface area (Å²) >= 11 is 12.8. The van der Waals surface area contributed by atoms with Gasteiger partial charge in [0.05, 0.1) is 17.9 Å². The van der Waals surface area contributed by atoms with E-state index < -0.39 is 16.4 Å². The van der Waals surface area contributed by atoms with Crippen molar-refractivity contribution in [3.8, 4) is 11.5 Å². The van der Waals surface area contributed by atoms with E-state index >= 15 is 0 Å². The second kappa shape index (κ2) is 6.81. The number of hydrogen-bond donors (Lipinski definition) is 0. The molecule has 0 aromatic heterocycles. The van der Waals surface area contributed by atoms with Gasteiger partial charge in [-0.2, -0.15) is 0 Å². The number of carbonyl (C=O) groups is 1. The molecule has 0 aliphatic heterocycles. The first kappa shape index (κ1) is 18.9. The summed E-state index contributed by atoms with van der Waals surface area (Å²) in [4.78, 5) is 12.1. The molecule has 1 aromatic rings. The summed E-state index contributed by atoms with van der Waals surface area (Å²) in [5.41, 5.74) is 0.0647. The molecule has 0 amide bonds. The predicted molar refractivity (Wildman–Crippen MR) is 98.5 cm³/mol. The topological polar surface area (TPSA) is 35.5 Å². The lowest BCUT2D eigenvalue weighted by Crippen LogP contribution is -2.35. The Morgan fingerprint density at radius 3 is 2.46 bits per heavy atom. The first-order chi connectivity index (χ1) is 11.0. The summed E-state index contributed by atoms with van der Waals surface area (Å²) in [6.45, 7) is 7.58. The Bertz CT molecular complexity index is 697. The van der Waals surface area contributed by atoms with Gasteiger partial charge in [-0.15, -0.1) is 11.6 Å². The Kier molecular flexibility index (Phi) is 5.36. The van der Waals surface area contributed by atoms with Crippen LogP contribution in [0.15, 0.2) is 41.5 Å². The highest BCUT2D eigenvalue weighted by Gasteiger charge is 2.39. The number of carbonyl (C=O) groups excluding carboxylic acids is 1. The summed E-state index contributed by atoms with van der Waals surface area (Å²) in [6, 6.07) is 5.10. The molecule has 0 saturated carbocycles. The van der Waals surface area contributed by atoms with Gasteiger partial charge < -0.3 is 9.47 Å². The van der Waals surface area contributed by atoms with Gasteiger partial charge in [-0.3, -0.25) is 4.79 Å². The SMILES string of the molecule is COc1ccc(C(=O)C2C(Cl)=CC=CC2(C)Cl)cc1OC(C)(C)C. The molecule has 2 unspecified atom stereocenters. The van der Waals surface area contributed by atoms with Crippen LogP contribution in [-0.2, 0) is 0 Å². The first-order valence-electron chi connectivity index (χ1n) is 7.70. The monoisotopic (exact) mass is 368 g/mol. The molecular weight excluding hydrogens is 347 g/mol. The Morgan fingerprint density at radius 2 is 1.92 bits per heavy atom. The van der Waals surface area contributed by atoms with Gasteiger partial charge in [0.1, 0.15) is 5.60 Å². The molecule has 0 heterocycles. The van der Waals surface area contributed by atoms with Gasteiger partial charge in [-0.1, -0.05) is 23.8 Å². The van der Waals surface area contributed by atoms with Gasteiger partial charge in [0.15, 0.2) is 17.3 Å². The van der Waals surface area contributed by atoms with E-state index in [2.05, 4.69) is 0 Å². The minimum atomic E-state index is -0.867. The van der Waals surface area contributed by atoms with Crippen LogP contribution in [0, 0.1) is 5.92 Å². The zero-order valence-electron chi connectivity index (χ0n) is 14.5. The summed E-state index contributed by atoms with van der Waals surface area (Å²) in [5.74, 6) is 0.292. The van der Waals surface area contributed by atoms with Crippen LogP contribution in [-0.4, -0.2) is 23.4 Å². The van der Waals surface area contributed by atoms with Gasteiger partial charge in [0.2, 0.25) is 0 Å². The van der Waals surface area contributed by atoms with Crippen LogP contribution in [0.25, 0.3) is 0 Å². The van der Waals surface area contributed by atoms with E-state index in [-0.39, 0.29) is 5.78 Å². The number of hydrogen-bond acceptors (Lipinski definition) is 3. The van der Waals surface area contributed by atoms with Crippen molar-refractivity contribution in [1.29, 1.82) is 0 Å². The number of ether oxygens (including phenoxy) is 2. The maximum absolute atomic E-state index is 13.0. The van der Waals surface area contributed by atoms with E-state index in [1.54, 1.807) is 50.5 Å². The van der Waals surface area contributed by atoms with E-state index in [9.17, 15) is 4.79 Å². The zero-order valence-corrected chi connectivity index (χ0v) is 16.0. The van der Waals surface area contributed by atoms with Crippen molar-refractivity contribution in [1.82, 2.24) is 0 Å². The van der Waals surface area contributed by atoms with Crippen LogP contribution < -0.4 is 9.47 Å². The third-order valence-electron chi connectivity index (χ3n) is 3.64. The Morgan fingerprint density at radius 1 is 1.25 bits per heavy atom. The molecule has 2 rings (SSSR count). The number of halogens is 2. The molecule has 24 heavy (non-hydrogen) atoms. The molecule has 0 spiro atoms. The second-order valence-electron chi connectivity index (χ2n) is 6.94. The summed E-state index contributed by atoms with van der Waals surface area (Å²) in [6.07, 6.45) is 5.24. The highest BCUT2D eigenvalue weighted by molar-refractivity contribution is 6.36. The summed E-state index contributed by atoms with van der Waals surface area (Å²) < 4.78 is 11.2. The predicted octanol–water partition coefficient (Wildman–Crippen LogP) is 5.36. The minimum absolute atomic E-state index is 0.153. The lowest BCUT2D eigenvalue weighted by molar-refractivity contribution is 0.0926. The average Bonchev–Trinajstić information content (AvgIpc) is 2.44. The van der Waals surface area contributed by atoms with E-state index in [0.29, 0.717) is 22.1 Å². The van der Waals surface area contributed by atoms with Crippen LogP contribution in [0.5, 0.6) is 11.5 Å². The average molecular weight is 369 g/mol. The van der Waals surface area contributed by atoms with E-state index in [1.165, 1.54) is 0 Å². The quantitative estimate of drug-likeness (QED) is 0.529. The minimum Gasteiger partial charge on any atom is -0.493 e. The number of ketones is 1. The molecule has 2 atom stereocenters. The number of allylic oxidation sites excluding steroid dienone is 4. The fourth-order valence-corrected chi connectivity index (χ4v) is 3.32. The van der Waals surface area contributed by atoms with Gasteiger partial charge in [-0.25, -0.2) is 0 Å². The molecule has 0 saturated heterocycles. The molecule has 0 fully saturated rings. The fourth-order valence-electron chi connectivity index (χ4n) is 2.58. The molecule has 1 aromatic carbocycles. The summed E-state index contributed by atoms with van der Waals surface area (Å²) in [7, 11) is 1.56. The molecule has 5 heteroatoms. The van der Waals surface area contributed by atoms with Crippen LogP contribution in [0.2, 0.25) is 0 Å². The first-order valence-corrected chi connectivity index (χ1v) is 8.46. The van der Waals surface area contributed by atoms with E-state index in [1.807, 2.05) is 20.8 Å². The zero-order chi connectivity index (χ0) is 18.1.